The fourth-order valence-electron chi connectivity index (χ4n) is 2.44. The number of hydrogen-bond acceptors (Lipinski definition) is 7. The first-order valence-electron chi connectivity index (χ1n) is 7.77. The summed E-state index contributed by atoms with van der Waals surface area (Å²) in [7, 11) is 1.62. The third kappa shape index (κ3) is 3.56. The van der Waals surface area contributed by atoms with Crippen LogP contribution in [0.1, 0.15) is 21.6 Å². The average molecular weight is 354 g/mol. The van der Waals surface area contributed by atoms with Crippen molar-refractivity contribution in [3.8, 4) is 11.6 Å². The van der Waals surface area contributed by atoms with E-state index in [1.807, 2.05) is 24.3 Å². The molecule has 0 saturated carbocycles. The summed E-state index contributed by atoms with van der Waals surface area (Å²) >= 11 is 0. The van der Waals surface area contributed by atoms with Crippen LogP contribution in [0.25, 0.3) is 5.82 Å². The fourth-order valence-corrected chi connectivity index (χ4v) is 2.44. The second-order valence-electron chi connectivity index (χ2n) is 5.53. The molecule has 0 amide bonds. The van der Waals surface area contributed by atoms with Gasteiger partial charge in [-0.1, -0.05) is 12.1 Å². The van der Waals surface area contributed by atoms with Gasteiger partial charge in [0.25, 0.3) is 0 Å². The van der Waals surface area contributed by atoms with Crippen molar-refractivity contribution in [1.29, 1.82) is 0 Å². The number of ether oxygens (including phenoxy) is 1. The summed E-state index contributed by atoms with van der Waals surface area (Å²) in [6.45, 7) is 2.18. The van der Waals surface area contributed by atoms with Crippen LogP contribution in [0.2, 0.25) is 0 Å². The van der Waals surface area contributed by atoms with E-state index < -0.39 is 5.97 Å². The van der Waals surface area contributed by atoms with Crippen LogP contribution in [-0.2, 0) is 6.54 Å². The lowest BCUT2D eigenvalue weighted by molar-refractivity contribution is 0.0696. The molecule has 3 aromatic rings. The molecule has 9 nitrogen and oxygen atoms in total. The molecule has 2 aromatic heterocycles. The number of nitrogens with zero attached hydrogens (tertiary/aromatic N) is 4. The first-order chi connectivity index (χ1) is 12.5. The molecule has 0 unspecified atom stereocenters. The highest BCUT2D eigenvalue weighted by Crippen LogP contribution is 2.17. The monoisotopic (exact) mass is 354 g/mol. The summed E-state index contributed by atoms with van der Waals surface area (Å²) in [5.74, 6) is 0.695. The highest BCUT2D eigenvalue weighted by atomic mass is 16.5. The van der Waals surface area contributed by atoms with Gasteiger partial charge in [0.1, 0.15) is 17.1 Å². The van der Waals surface area contributed by atoms with Gasteiger partial charge in [0.05, 0.1) is 19.0 Å². The number of rotatable bonds is 6. The zero-order valence-electron chi connectivity index (χ0n) is 14.3. The van der Waals surface area contributed by atoms with Crippen LogP contribution >= 0.6 is 0 Å². The Labute approximate surface area is 149 Å². The first-order valence-corrected chi connectivity index (χ1v) is 7.77. The second kappa shape index (κ2) is 7.09. The Kier molecular flexibility index (Phi) is 4.70. The van der Waals surface area contributed by atoms with E-state index in [4.69, 9.17) is 15.6 Å². The zero-order valence-corrected chi connectivity index (χ0v) is 14.3. The first kappa shape index (κ1) is 17.2. The van der Waals surface area contributed by atoms with Gasteiger partial charge in [-0.2, -0.15) is 15.1 Å². The van der Waals surface area contributed by atoms with Gasteiger partial charge in [-0.3, -0.25) is 0 Å². The van der Waals surface area contributed by atoms with Gasteiger partial charge >= 0.3 is 5.97 Å². The number of anilines is 2. The maximum atomic E-state index is 11.2. The molecule has 1 aromatic carbocycles. The Bertz CT molecular complexity index is 936. The van der Waals surface area contributed by atoms with E-state index >= 15 is 0 Å². The molecule has 134 valence electrons. The number of methoxy groups -OCH3 is 1. The number of carboxylic acid groups (broad SMARTS) is 1. The van der Waals surface area contributed by atoms with Gasteiger partial charge in [-0.15, -0.1) is 0 Å². The van der Waals surface area contributed by atoms with E-state index in [9.17, 15) is 4.79 Å². The molecule has 0 saturated heterocycles. The Balaban J connectivity index is 1.82. The molecule has 0 aliphatic heterocycles. The smallest absolute Gasteiger partial charge is 0.339 e. The lowest BCUT2D eigenvalue weighted by atomic mass is 10.2. The van der Waals surface area contributed by atoms with Crippen LogP contribution in [0.5, 0.6) is 5.75 Å². The molecule has 0 aliphatic rings. The third-order valence-corrected chi connectivity index (χ3v) is 3.82. The number of nitrogen functional groups attached to an aromatic ring is 1. The minimum atomic E-state index is -1.05. The van der Waals surface area contributed by atoms with Crippen molar-refractivity contribution in [3.05, 3.63) is 53.3 Å². The lowest BCUT2D eigenvalue weighted by Gasteiger charge is -2.10. The molecule has 4 N–H and O–H groups in total. The van der Waals surface area contributed by atoms with Crippen LogP contribution in [0.3, 0.4) is 0 Å². The standard InChI is InChI=1S/C17H18N6O3/c1-10-13(16(24)25)9-20-23(10)15-7-14(21-17(18)22-15)19-8-11-3-5-12(26-2)6-4-11/h3-7,9H,8H2,1-2H3,(H,24,25)(H3,18,19,21,22). The predicted octanol–water partition coefficient (Wildman–Crippen LogP) is 1.87. The van der Waals surface area contributed by atoms with Crippen molar-refractivity contribution in [2.75, 3.05) is 18.2 Å². The normalized spacial score (nSPS) is 10.5. The molecule has 0 aliphatic carbocycles. The van der Waals surface area contributed by atoms with Crippen molar-refractivity contribution in [1.82, 2.24) is 19.7 Å². The van der Waals surface area contributed by atoms with E-state index in [0.717, 1.165) is 11.3 Å². The molecule has 0 radical (unpaired) electrons. The molecule has 2 heterocycles. The molecule has 0 fully saturated rings. The predicted molar refractivity (Wildman–Crippen MR) is 95.6 cm³/mol. The van der Waals surface area contributed by atoms with E-state index in [0.29, 0.717) is 23.9 Å². The quantitative estimate of drug-likeness (QED) is 0.612. The largest absolute Gasteiger partial charge is 0.497 e. The molecular weight excluding hydrogens is 336 g/mol. The molecule has 0 atom stereocenters. The van der Waals surface area contributed by atoms with E-state index in [-0.39, 0.29) is 11.5 Å². The minimum Gasteiger partial charge on any atom is -0.497 e. The Morgan fingerprint density at radius 2 is 2.04 bits per heavy atom. The van der Waals surface area contributed by atoms with Gasteiger partial charge in [-0.05, 0) is 24.6 Å². The molecular formula is C17H18N6O3. The molecule has 9 heteroatoms. The SMILES string of the molecule is COc1ccc(CNc2cc(-n3ncc(C(=O)O)c3C)nc(N)n2)cc1. The second-order valence-corrected chi connectivity index (χ2v) is 5.53. The number of benzene rings is 1. The Hall–Kier alpha value is -3.62. The number of nitrogens with one attached hydrogen (secondary N) is 1. The summed E-state index contributed by atoms with van der Waals surface area (Å²) in [5, 5.41) is 16.4. The van der Waals surface area contributed by atoms with Crippen molar-refractivity contribution in [2.45, 2.75) is 13.5 Å². The van der Waals surface area contributed by atoms with Gasteiger partial charge in [0.15, 0.2) is 5.82 Å². The van der Waals surface area contributed by atoms with Crippen LogP contribution in [0, 0.1) is 6.92 Å². The fraction of sp³-hybridized carbons (Fsp3) is 0.176. The summed E-state index contributed by atoms with van der Waals surface area (Å²) in [4.78, 5) is 19.5. The summed E-state index contributed by atoms with van der Waals surface area (Å²) in [6, 6.07) is 9.28. The zero-order chi connectivity index (χ0) is 18.7. The van der Waals surface area contributed by atoms with Crippen LogP contribution in [-0.4, -0.2) is 37.9 Å². The van der Waals surface area contributed by atoms with E-state index in [1.54, 1.807) is 20.1 Å². The van der Waals surface area contributed by atoms with Crippen molar-refractivity contribution in [3.63, 3.8) is 0 Å². The molecule has 26 heavy (non-hydrogen) atoms. The van der Waals surface area contributed by atoms with Crippen LogP contribution in [0.15, 0.2) is 36.5 Å². The number of nitrogens with two attached hydrogens (primary N) is 1. The number of hydrogen-bond donors (Lipinski definition) is 3. The van der Waals surface area contributed by atoms with Gasteiger partial charge in [0, 0.05) is 12.6 Å². The Morgan fingerprint density at radius 3 is 2.65 bits per heavy atom. The summed E-state index contributed by atoms with van der Waals surface area (Å²) in [5.41, 5.74) is 7.38. The highest BCUT2D eigenvalue weighted by Gasteiger charge is 2.15. The average Bonchev–Trinajstić information content (AvgIpc) is 3.01. The molecule has 0 spiro atoms. The summed E-state index contributed by atoms with van der Waals surface area (Å²) in [6.07, 6.45) is 1.28. The Morgan fingerprint density at radius 1 is 1.31 bits per heavy atom. The van der Waals surface area contributed by atoms with E-state index in [1.165, 1.54) is 10.9 Å². The molecule has 0 bridgehead atoms. The number of aromatic carboxylic acids is 1. The lowest BCUT2D eigenvalue weighted by Crippen LogP contribution is -2.10. The van der Waals surface area contributed by atoms with Gasteiger partial charge < -0.3 is 20.9 Å². The topological polar surface area (TPSA) is 128 Å². The van der Waals surface area contributed by atoms with Crippen molar-refractivity contribution in [2.24, 2.45) is 0 Å². The minimum absolute atomic E-state index is 0.0616. The number of carbonyl (C=O) groups is 1. The third-order valence-electron chi connectivity index (χ3n) is 3.82. The van der Waals surface area contributed by atoms with Crippen molar-refractivity contribution >= 4 is 17.7 Å². The summed E-state index contributed by atoms with van der Waals surface area (Å²) < 4.78 is 6.55. The maximum Gasteiger partial charge on any atom is 0.339 e. The maximum absolute atomic E-state index is 11.2. The van der Waals surface area contributed by atoms with Crippen molar-refractivity contribution < 1.29 is 14.6 Å². The van der Waals surface area contributed by atoms with E-state index in [2.05, 4.69) is 20.4 Å². The number of carboxylic acids is 1. The highest BCUT2D eigenvalue weighted by molar-refractivity contribution is 5.88. The number of aromatic nitrogens is 4. The van der Waals surface area contributed by atoms with Crippen LogP contribution in [0.4, 0.5) is 11.8 Å². The van der Waals surface area contributed by atoms with Gasteiger partial charge in [-0.25, -0.2) is 9.48 Å². The van der Waals surface area contributed by atoms with Gasteiger partial charge in [0.2, 0.25) is 5.95 Å². The molecule has 3 rings (SSSR count). The van der Waals surface area contributed by atoms with Crippen LogP contribution < -0.4 is 15.8 Å².